The Morgan fingerprint density at radius 3 is 1.85 bits per heavy atom. The molecule has 2 rings (SSSR count). The molecule has 0 fully saturated rings. The molecule has 2 aromatic carbocycles. The van der Waals surface area contributed by atoms with Crippen LogP contribution in [0.15, 0.2) is 54.6 Å². The number of carbonyl (C=O) groups excluding carboxylic acids is 5. The second-order valence-electron chi connectivity index (χ2n) is 14.3. The first-order chi connectivity index (χ1) is 21.6. The van der Waals surface area contributed by atoms with Crippen molar-refractivity contribution in [2.75, 3.05) is 0 Å². The molecule has 258 valence electrons. The standard InChI is InChI=1S/C36H52N4O7/c1-11-36(9,10)40(31(43)26(22-28(37)41)39-33(45)47-35(6,7)8)29(25-20-16-15-17-23(25)2)30(42)38-27(32(44)46-34(3,4)5)21-24-18-13-12-14-19-24/h12-20,26-27,29H,11,21-22H2,1-10H3,(H2,37,41)(H,38,42)(H,39,45). The highest BCUT2D eigenvalue weighted by atomic mass is 16.6. The van der Waals surface area contributed by atoms with Crippen LogP contribution in [0.5, 0.6) is 0 Å². The summed E-state index contributed by atoms with van der Waals surface area (Å²) in [5.41, 5.74) is 4.84. The van der Waals surface area contributed by atoms with Crippen molar-refractivity contribution < 1.29 is 33.4 Å². The molecule has 0 radical (unpaired) electrons. The average molecular weight is 653 g/mol. The van der Waals surface area contributed by atoms with Gasteiger partial charge >= 0.3 is 12.1 Å². The third kappa shape index (κ3) is 12.0. The molecule has 0 saturated carbocycles. The van der Waals surface area contributed by atoms with Gasteiger partial charge in [-0.05, 0) is 85.4 Å². The molecule has 0 aliphatic rings. The Balaban J connectivity index is 2.72. The van der Waals surface area contributed by atoms with Crippen LogP contribution >= 0.6 is 0 Å². The van der Waals surface area contributed by atoms with Gasteiger partial charge in [0.25, 0.3) is 0 Å². The van der Waals surface area contributed by atoms with Gasteiger partial charge in [-0.15, -0.1) is 0 Å². The molecule has 0 saturated heterocycles. The Morgan fingerprint density at radius 2 is 1.34 bits per heavy atom. The number of benzene rings is 2. The van der Waals surface area contributed by atoms with Gasteiger partial charge in [0.2, 0.25) is 17.7 Å². The van der Waals surface area contributed by atoms with Gasteiger partial charge in [0.15, 0.2) is 0 Å². The molecule has 3 unspecified atom stereocenters. The maximum atomic E-state index is 14.6. The first-order valence-corrected chi connectivity index (χ1v) is 15.9. The van der Waals surface area contributed by atoms with Gasteiger partial charge in [0, 0.05) is 12.0 Å². The number of hydrogen-bond acceptors (Lipinski definition) is 7. The largest absolute Gasteiger partial charge is 0.458 e. The van der Waals surface area contributed by atoms with Gasteiger partial charge in [-0.25, -0.2) is 9.59 Å². The Kier molecular flexibility index (Phi) is 13.1. The van der Waals surface area contributed by atoms with Crippen molar-refractivity contribution in [3.05, 3.63) is 71.3 Å². The van der Waals surface area contributed by atoms with E-state index < -0.39 is 71.1 Å². The van der Waals surface area contributed by atoms with Crippen LogP contribution in [0.25, 0.3) is 0 Å². The summed E-state index contributed by atoms with van der Waals surface area (Å²) in [5.74, 6) is -2.83. The quantitative estimate of drug-likeness (QED) is 0.260. The number of alkyl carbamates (subject to hydrolysis) is 1. The molecule has 11 nitrogen and oxygen atoms in total. The average Bonchev–Trinajstić information content (AvgIpc) is 2.93. The molecule has 3 atom stereocenters. The smallest absolute Gasteiger partial charge is 0.408 e. The summed E-state index contributed by atoms with van der Waals surface area (Å²) in [4.78, 5) is 69.1. The fraction of sp³-hybridized carbons (Fsp3) is 0.528. The number of rotatable bonds is 13. The van der Waals surface area contributed by atoms with Crippen LogP contribution in [0.4, 0.5) is 4.79 Å². The van der Waals surface area contributed by atoms with Crippen molar-refractivity contribution >= 4 is 29.8 Å². The fourth-order valence-electron chi connectivity index (χ4n) is 4.92. The lowest BCUT2D eigenvalue weighted by molar-refractivity contribution is -0.159. The fourth-order valence-corrected chi connectivity index (χ4v) is 4.92. The van der Waals surface area contributed by atoms with Crippen LogP contribution in [0.2, 0.25) is 0 Å². The van der Waals surface area contributed by atoms with Gasteiger partial charge in [-0.1, -0.05) is 61.5 Å². The number of esters is 1. The van der Waals surface area contributed by atoms with E-state index in [2.05, 4.69) is 10.6 Å². The van der Waals surface area contributed by atoms with Gasteiger partial charge < -0.3 is 30.7 Å². The van der Waals surface area contributed by atoms with E-state index in [-0.39, 0.29) is 6.42 Å². The number of nitrogens with zero attached hydrogens (tertiary/aromatic N) is 1. The number of nitrogens with one attached hydrogen (secondary N) is 2. The summed E-state index contributed by atoms with van der Waals surface area (Å²) in [5, 5.41) is 5.39. The van der Waals surface area contributed by atoms with E-state index in [0.29, 0.717) is 17.5 Å². The lowest BCUT2D eigenvalue weighted by Gasteiger charge is -2.45. The van der Waals surface area contributed by atoms with E-state index in [9.17, 15) is 24.0 Å². The zero-order chi connectivity index (χ0) is 35.7. The summed E-state index contributed by atoms with van der Waals surface area (Å²) in [6.07, 6.45) is -0.928. The number of primary amides is 1. The molecule has 0 aliphatic carbocycles. The van der Waals surface area contributed by atoms with Crippen molar-refractivity contribution in [1.82, 2.24) is 15.5 Å². The zero-order valence-corrected chi connectivity index (χ0v) is 29.4. The third-order valence-electron chi connectivity index (χ3n) is 7.43. The highest BCUT2D eigenvalue weighted by molar-refractivity contribution is 5.96. The SMILES string of the molecule is CCC(C)(C)N(C(=O)C(CC(N)=O)NC(=O)OC(C)(C)C)C(C(=O)NC(Cc1ccccc1)C(=O)OC(C)(C)C)c1ccccc1C. The van der Waals surface area contributed by atoms with E-state index in [1.807, 2.05) is 56.3 Å². The summed E-state index contributed by atoms with van der Waals surface area (Å²) in [6.45, 7) is 17.5. The third-order valence-corrected chi connectivity index (χ3v) is 7.43. The second-order valence-corrected chi connectivity index (χ2v) is 14.3. The molecule has 0 aromatic heterocycles. The van der Waals surface area contributed by atoms with Crippen molar-refractivity contribution in [3.8, 4) is 0 Å². The molecule has 0 aliphatic heterocycles. The molecule has 4 N–H and O–H groups in total. The Labute approximate surface area is 278 Å². The predicted octanol–water partition coefficient (Wildman–Crippen LogP) is 4.89. The second kappa shape index (κ2) is 15.9. The molecule has 4 amide bonds. The molecule has 2 aromatic rings. The zero-order valence-electron chi connectivity index (χ0n) is 29.4. The molecule has 0 heterocycles. The van der Waals surface area contributed by atoms with Crippen LogP contribution in [0, 0.1) is 6.92 Å². The normalized spacial score (nSPS) is 13.8. The highest BCUT2D eigenvalue weighted by Gasteiger charge is 2.45. The molecule has 11 heteroatoms. The monoisotopic (exact) mass is 652 g/mol. The van der Waals surface area contributed by atoms with Gasteiger partial charge in [-0.3, -0.25) is 14.4 Å². The number of aryl methyl sites for hydroxylation is 1. The van der Waals surface area contributed by atoms with Crippen LogP contribution in [0.1, 0.15) is 97.9 Å². The molecular weight excluding hydrogens is 600 g/mol. The topological polar surface area (TPSA) is 157 Å². The van der Waals surface area contributed by atoms with Crippen molar-refractivity contribution in [2.24, 2.45) is 5.73 Å². The van der Waals surface area contributed by atoms with E-state index >= 15 is 0 Å². The molecule has 0 bridgehead atoms. The van der Waals surface area contributed by atoms with Crippen molar-refractivity contribution in [3.63, 3.8) is 0 Å². The van der Waals surface area contributed by atoms with Crippen LogP contribution in [-0.2, 0) is 35.1 Å². The number of nitrogens with two attached hydrogens (primary N) is 1. The van der Waals surface area contributed by atoms with Gasteiger partial charge in [0.05, 0.1) is 6.42 Å². The number of hydrogen-bond donors (Lipinski definition) is 3. The summed E-state index contributed by atoms with van der Waals surface area (Å²) in [7, 11) is 0. The number of ether oxygens (including phenoxy) is 2. The van der Waals surface area contributed by atoms with E-state index in [4.69, 9.17) is 15.2 Å². The Morgan fingerprint density at radius 1 is 0.787 bits per heavy atom. The van der Waals surface area contributed by atoms with Crippen LogP contribution < -0.4 is 16.4 Å². The van der Waals surface area contributed by atoms with Crippen molar-refractivity contribution in [1.29, 1.82) is 0 Å². The van der Waals surface area contributed by atoms with Crippen molar-refractivity contribution in [2.45, 2.75) is 123 Å². The van der Waals surface area contributed by atoms with Gasteiger partial charge in [-0.2, -0.15) is 0 Å². The Bertz CT molecular complexity index is 1410. The van der Waals surface area contributed by atoms with E-state index in [1.54, 1.807) is 67.5 Å². The van der Waals surface area contributed by atoms with Crippen LogP contribution in [-0.4, -0.2) is 63.5 Å². The first-order valence-electron chi connectivity index (χ1n) is 15.9. The summed E-state index contributed by atoms with van der Waals surface area (Å²) >= 11 is 0. The maximum absolute atomic E-state index is 14.6. The lowest BCUT2D eigenvalue weighted by atomic mass is 9.90. The molecular formula is C36H52N4O7. The maximum Gasteiger partial charge on any atom is 0.408 e. The summed E-state index contributed by atoms with van der Waals surface area (Å²) in [6, 6.07) is 12.5. The molecule has 0 spiro atoms. The first kappa shape index (κ1) is 38.8. The lowest BCUT2D eigenvalue weighted by Crippen LogP contribution is -2.61. The Hall–Kier alpha value is -4.41. The van der Waals surface area contributed by atoms with Crippen LogP contribution in [0.3, 0.4) is 0 Å². The number of carbonyl (C=O) groups is 5. The summed E-state index contributed by atoms with van der Waals surface area (Å²) < 4.78 is 11.1. The molecule has 47 heavy (non-hydrogen) atoms. The number of amides is 4. The minimum absolute atomic E-state index is 0.137. The minimum atomic E-state index is -1.45. The highest BCUT2D eigenvalue weighted by Crippen LogP contribution is 2.34. The van der Waals surface area contributed by atoms with Gasteiger partial charge in [0.1, 0.15) is 29.3 Å². The minimum Gasteiger partial charge on any atom is -0.458 e. The van der Waals surface area contributed by atoms with E-state index in [0.717, 1.165) is 5.56 Å². The van der Waals surface area contributed by atoms with E-state index in [1.165, 1.54) is 4.90 Å². The predicted molar refractivity (Wildman–Crippen MR) is 180 cm³/mol.